The predicted molar refractivity (Wildman–Crippen MR) is 111 cm³/mol. The molecular weight excluding hydrogens is 350 g/mol. The standard InChI is InChI=1S/C23H29N3O2/c1-3-15-25(22(27)14-11-19-8-5-4-6-9-19)18-23(28)26(20-12-13-20)17-21-10-7-16-24(21)2/h4-11,14,16,20H,3,12-13,15,17-18H2,1-2H3/b14-11+. The molecule has 2 aromatic rings. The molecule has 28 heavy (non-hydrogen) atoms. The maximum atomic E-state index is 13.0. The molecule has 0 unspecified atom stereocenters. The van der Waals surface area contributed by atoms with Crippen LogP contribution in [0.2, 0.25) is 0 Å². The zero-order chi connectivity index (χ0) is 19.9. The van der Waals surface area contributed by atoms with Crippen molar-refractivity contribution in [2.45, 2.75) is 38.8 Å². The summed E-state index contributed by atoms with van der Waals surface area (Å²) in [4.78, 5) is 29.3. The third kappa shape index (κ3) is 5.35. The summed E-state index contributed by atoms with van der Waals surface area (Å²) in [6.07, 6.45) is 8.28. The molecule has 2 amide bonds. The first-order chi connectivity index (χ1) is 13.6. The van der Waals surface area contributed by atoms with Gasteiger partial charge in [0.05, 0.1) is 6.54 Å². The lowest BCUT2D eigenvalue weighted by Crippen LogP contribution is -2.43. The fourth-order valence-electron chi connectivity index (χ4n) is 3.27. The minimum Gasteiger partial charge on any atom is -0.353 e. The van der Waals surface area contributed by atoms with E-state index in [0.29, 0.717) is 19.1 Å². The summed E-state index contributed by atoms with van der Waals surface area (Å²) in [6, 6.07) is 14.1. The number of benzene rings is 1. The summed E-state index contributed by atoms with van der Waals surface area (Å²) in [5.74, 6) is -0.0905. The second-order valence-corrected chi connectivity index (χ2v) is 7.37. The summed E-state index contributed by atoms with van der Waals surface area (Å²) in [5.41, 5.74) is 2.08. The third-order valence-electron chi connectivity index (χ3n) is 5.04. The number of carbonyl (C=O) groups excluding carboxylic acids is 2. The number of hydrogen-bond donors (Lipinski definition) is 0. The van der Waals surface area contributed by atoms with Crippen molar-refractivity contribution in [2.75, 3.05) is 13.1 Å². The van der Waals surface area contributed by atoms with Crippen LogP contribution in [0.25, 0.3) is 6.08 Å². The van der Waals surface area contributed by atoms with Crippen LogP contribution in [0.4, 0.5) is 0 Å². The second-order valence-electron chi connectivity index (χ2n) is 7.37. The van der Waals surface area contributed by atoms with E-state index in [0.717, 1.165) is 30.5 Å². The summed E-state index contributed by atoms with van der Waals surface area (Å²) in [7, 11) is 1.99. The number of hydrogen-bond acceptors (Lipinski definition) is 2. The van der Waals surface area contributed by atoms with Gasteiger partial charge in [-0.05, 0) is 43.0 Å². The molecule has 148 valence electrons. The molecule has 1 aliphatic rings. The topological polar surface area (TPSA) is 45.6 Å². The molecule has 1 aromatic carbocycles. The van der Waals surface area contributed by atoms with E-state index in [9.17, 15) is 9.59 Å². The Labute approximate surface area is 167 Å². The maximum Gasteiger partial charge on any atom is 0.247 e. The van der Waals surface area contributed by atoms with Crippen LogP contribution in [0.1, 0.15) is 37.4 Å². The smallest absolute Gasteiger partial charge is 0.247 e. The van der Waals surface area contributed by atoms with Crippen molar-refractivity contribution in [3.05, 3.63) is 66.0 Å². The van der Waals surface area contributed by atoms with Crippen LogP contribution >= 0.6 is 0 Å². The molecule has 5 nitrogen and oxygen atoms in total. The van der Waals surface area contributed by atoms with E-state index >= 15 is 0 Å². The third-order valence-corrected chi connectivity index (χ3v) is 5.04. The van der Waals surface area contributed by atoms with E-state index in [1.54, 1.807) is 17.1 Å². The Morgan fingerprint density at radius 1 is 1.14 bits per heavy atom. The Morgan fingerprint density at radius 3 is 2.50 bits per heavy atom. The van der Waals surface area contributed by atoms with Crippen LogP contribution in [-0.2, 0) is 23.2 Å². The number of carbonyl (C=O) groups is 2. The number of aryl methyl sites for hydroxylation is 1. The van der Waals surface area contributed by atoms with Crippen LogP contribution in [0.3, 0.4) is 0 Å². The summed E-state index contributed by atoms with van der Waals surface area (Å²) >= 11 is 0. The van der Waals surface area contributed by atoms with E-state index in [1.165, 1.54) is 0 Å². The lowest BCUT2D eigenvalue weighted by atomic mass is 10.2. The Hall–Kier alpha value is -2.82. The molecule has 0 atom stereocenters. The molecule has 0 spiro atoms. The van der Waals surface area contributed by atoms with Gasteiger partial charge in [-0.3, -0.25) is 9.59 Å². The first-order valence-electron chi connectivity index (χ1n) is 10.00. The highest BCUT2D eigenvalue weighted by molar-refractivity contribution is 5.94. The van der Waals surface area contributed by atoms with Crippen molar-refractivity contribution < 1.29 is 9.59 Å². The van der Waals surface area contributed by atoms with Gasteiger partial charge in [0.25, 0.3) is 0 Å². The Balaban J connectivity index is 1.66. The van der Waals surface area contributed by atoms with Crippen molar-refractivity contribution in [3.63, 3.8) is 0 Å². The molecule has 0 bridgehead atoms. The van der Waals surface area contributed by atoms with E-state index in [2.05, 4.69) is 0 Å². The zero-order valence-electron chi connectivity index (χ0n) is 16.8. The van der Waals surface area contributed by atoms with Gasteiger partial charge in [-0.1, -0.05) is 37.3 Å². The Kier molecular flexibility index (Phi) is 6.69. The van der Waals surface area contributed by atoms with Gasteiger partial charge in [0.2, 0.25) is 11.8 Å². The fourth-order valence-corrected chi connectivity index (χ4v) is 3.27. The second kappa shape index (κ2) is 9.40. The highest BCUT2D eigenvalue weighted by Gasteiger charge is 2.33. The number of nitrogens with zero attached hydrogens (tertiary/aromatic N) is 3. The molecule has 0 radical (unpaired) electrons. The predicted octanol–water partition coefficient (Wildman–Crippen LogP) is 3.47. The number of aromatic nitrogens is 1. The van der Waals surface area contributed by atoms with Crippen molar-refractivity contribution in [1.29, 1.82) is 0 Å². The van der Waals surface area contributed by atoms with E-state index in [4.69, 9.17) is 0 Å². The van der Waals surface area contributed by atoms with Crippen LogP contribution in [-0.4, -0.2) is 45.3 Å². The summed E-state index contributed by atoms with van der Waals surface area (Å²) in [5, 5.41) is 0. The average Bonchev–Trinajstić information content (AvgIpc) is 3.46. The monoisotopic (exact) mass is 379 g/mol. The summed E-state index contributed by atoms with van der Waals surface area (Å²) in [6.45, 7) is 3.33. The molecular formula is C23H29N3O2. The largest absolute Gasteiger partial charge is 0.353 e. The molecule has 5 heteroatoms. The van der Waals surface area contributed by atoms with Gasteiger partial charge in [-0.2, -0.15) is 0 Å². The summed E-state index contributed by atoms with van der Waals surface area (Å²) < 4.78 is 2.04. The van der Waals surface area contributed by atoms with Crippen molar-refractivity contribution in [2.24, 2.45) is 7.05 Å². The van der Waals surface area contributed by atoms with Gasteiger partial charge in [0.15, 0.2) is 0 Å². The Bertz CT molecular complexity index is 821. The molecule has 1 aliphatic carbocycles. The first-order valence-corrected chi connectivity index (χ1v) is 10.00. The van der Waals surface area contributed by atoms with E-state index in [1.807, 2.05) is 72.1 Å². The van der Waals surface area contributed by atoms with Crippen LogP contribution < -0.4 is 0 Å². The van der Waals surface area contributed by atoms with Gasteiger partial charge in [-0.15, -0.1) is 0 Å². The Morgan fingerprint density at radius 2 is 1.89 bits per heavy atom. The van der Waals surface area contributed by atoms with Crippen molar-refractivity contribution in [1.82, 2.24) is 14.4 Å². The van der Waals surface area contributed by atoms with Gasteiger partial charge in [-0.25, -0.2) is 0 Å². The SMILES string of the molecule is CCCN(CC(=O)N(Cc1cccn1C)C1CC1)C(=O)/C=C/c1ccccc1. The molecule has 1 fully saturated rings. The van der Waals surface area contributed by atoms with Crippen LogP contribution in [0.15, 0.2) is 54.7 Å². The van der Waals surface area contributed by atoms with Crippen molar-refractivity contribution >= 4 is 17.9 Å². The molecule has 0 N–H and O–H groups in total. The first kappa shape index (κ1) is 19.9. The molecule has 1 heterocycles. The van der Waals surface area contributed by atoms with Crippen molar-refractivity contribution in [3.8, 4) is 0 Å². The minimum atomic E-state index is -0.117. The van der Waals surface area contributed by atoms with Gasteiger partial charge < -0.3 is 14.4 Å². The molecule has 0 saturated heterocycles. The van der Waals surface area contributed by atoms with Gasteiger partial charge >= 0.3 is 0 Å². The van der Waals surface area contributed by atoms with E-state index in [-0.39, 0.29) is 18.4 Å². The molecule has 3 rings (SSSR count). The quantitative estimate of drug-likeness (QED) is 0.626. The normalized spacial score (nSPS) is 13.6. The maximum absolute atomic E-state index is 13.0. The highest BCUT2D eigenvalue weighted by Crippen LogP contribution is 2.28. The van der Waals surface area contributed by atoms with E-state index < -0.39 is 0 Å². The molecule has 1 saturated carbocycles. The number of rotatable bonds is 9. The van der Waals surface area contributed by atoms with Crippen LogP contribution in [0, 0.1) is 0 Å². The lowest BCUT2D eigenvalue weighted by Gasteiger charge is -2.27. The minimum absolute atomic E-state index is 0.0265. The zero-order valence-corrected chi connectivity index (χ0v) is 16.8. The lowest BCUT2D eigenvalue weighted by molar-refractivity contribution is -0.139. The van der Waals surface area contributed by atoms with Gasteiger partial charge in [0.1, 0.15) is 6.54 Å². The molecule has 1 aromatic heterocycles. The number of amides is 2. The van der Waals surface area contributed by atoms with Crippen LogP contribution in [0.5, 0.6) is 0 Å². The fraction of sp³-hybridized carbons (Fsp3) is 0.391. The highest BCUT2D eigenvalue weighted by atomic mass is 16.2. The van der Waals surface area contributed by atoms with Gasteiger partial charge in [0, 0.05) is 37.6 Å². The average molecular weight is 380 g/mol. The molecule has 0 aliphatic heterocycles.